The van der Waals surface area contributed by atoms with Crippen LogP contribution in [0.2, 0.25) is 0 Å². The first kappa shape index (κ1) is 19.0. The van der Waals surface area contributed by atoms with Crippen molar-refractivity contribution in [3.8, 4) is 0 Å². The Labute approximate surface area is 148 Å². The van der Waals surface area contributed by atoms with Crippen molar-refractivity contribution < 1.29 is 19.1 Å². The molecule has 0 radical (unpaired) electrons. The smallest absolute Gasteiger partial charge is 0.313 e. The molecule has 2 rings (SSSR count). The number of benzene rings is 1. The van der Waals surface area contributed by atoms with E-state index in [1.165, 1.54) is 6.42 Å². The van der Waals surface area contributed by atoms with Crippen molar-refractivity contribution in [2.45, 2.75) is 64.0 Å². The third-order valence-electron chi connectivity index (χ3n) is 4.11. The van der Waals surface area contributed by atoms with E-state index >= 15 is 0 Å². The van der Waals surface area contributed by atoms with Crippen molar-refractivity contribution in [3.63, 3.8) is 0 Å². The molecule has 0 saturated heterocycles. The summed E-state index contributed by atoms with van der Waals surface area (Å²) in [4.78, 5) is 27.6. The summed E-state index contributed by atoms with van der Waals surface area (Å²) in [5.74, 6) is -0.798. The molecule has 25 heavy (non-hydrogen) atoms. The van der Waals surface area contributed by atoms with Gasteiger partial charge in [0.1, 0.15) is 6.61 Å². The van der Waals surface area contributed by atoms with Gasteiger partial charge in [-0.2, -0.15) is 0 Å². The molecule has 6 heteroatoms. The molecule has 136 valence electrons. The topological polar surface area (TPSA) is 91.0 Å². The highest BCUT2D eigenvalue weighted by Gasteiger charge is 2.14. The van der Waals surface area contributed by atoms with E-state index in [-0.39, 0.29) is 37.5 Å². The summed E-state index contributed by atoms with van der Waals surface area (Å²) in [5, 5.41) is 0. The van der Waals surface area contributed by atoms with Crippen LogP contribution in [0.15, 0.2) is 35.3 Å². The van der Waals surface area contributed by atoms with Crippen molar-refractivity contribution in [2.24, 2.45) is 10.7 Å². The Balaban J connectivity index is 1.59. The zero-order chi connectivity index (χ0) is 17.9. The molecule has 1 saturated carbocycles. The Bertz CT molecular complexity index is 580. The Kier molecular flexibility index (Phi) is 7.95. The average Bonchev–Trinajstić information content (AvgIpc) is 2.61. The highest BCUT2D eigenvalue weighted by Crippen LogP contribution is 2.20. The second kappa shape index (κ2) is 10.5. The molecule has 0 aromatic heterocycles. The van der Waals surface area contributed by atoms with E-state index in [0.717, 1.165) is 31.2 Å². The molecule has 1 aliphatic carbocycles. The quantitative estimate of drug-likeness (QED) is 0.465. The molecule has 0 bridgehead atoms. The second-order valence-corrected chi connectivity index (χ2v) is 6.23. The predicted octanol–water partition coefficient (Wildman–Crippen LogP) is 3.09. The molecule has 2 N–H and O–H groups in total. The lowest BCUT2D eigenvalue weighted by molar-refractivity contribution is -0.145. The van der Waals surface area contributed by atoms with E-state index in [9.17, 15) is 9.59 Å². The van der Waals surface area contributed by atoms with E-state index in [1.54, 1.807) is 0 Å². The lowest BCUT2D eigenvalue weighted by Gasteiger charge is -2.17. The van der Waals surface area contributed by atoms with Gasteiger partial charge in [-0.05, 0) is 24.8 Å². The largest absolute Gasteiger partial charge is 0.461 e. The van der Waals surface area contributed by atoms with Gasteiger partial charge in [-0.3, -0.25) is 9.59 Å². The Morgan fingerprint density at radius 2 is 1.72 bits per heavy atom. The van der Waals surface area contributed by atoms with E-state index in [4.69, 9.17) is 15.2 Å². The van der Waals surface area contributed by atoms with Crippen molar-refractivity contribution in [2.75, 3.05) is 0 Å². The highest BCUT2D eigenvalue weighted by molar-refractivity contribution is 5.86. The van der Waals surface area contributed by atoms with Crippen molar-refractivity contribution >= 4 is 18.0 Å². The summed E-state index contributed by atoms with van der Waals surface area (Å²) in [6, 6.07) is 9.55. The molecule has 0 heterocycles. The zero-order valence-corrected chi connectivity index (χ0v) is 14.5. The van der Waals surface area contributed by atoms with Crippen LogP contribution in [0, 0.1) is 0 Å². The molecule has 1 aliphatic rings. The maximum Gasteiger partial charge on any atom is 0.313 e. The van der Waals surface area contributed by atoms with Crippen molar-refractivity contribution in [1.29, 1.82) is 0 Å². The molecule has 6 nitrogen and oxygen atoms in total. The number of esters is 2. The number of rotatable bonds is 7. The number of nitrogens with zero attached hydrogens (tertiary/aromatic N) is 1. The van der Waals surface area contributed by atoms with E-state index in [1.807, 2.05) is 30.3 Å². The van der Waals surface area contributed by atoms with Gasteiger partial charge >= 0.3 is 11.9 Å². The van der Waals surface area contributed by atoms with Crippen LogP contribution in [0.3, 0.4) is 0 Å². The molecule has 0 unspecified atom stereocenters. The fourth-order valence-corrected chi connectivity index (χ4v) is 2.77. The van der Waals surface area contributed by atoms with Gasteiger partial charge in [0.05, 0.1) is 6.04 Å². The van der Waals surface area contributed by atoms with Crippen molar-refractivity contribution in [1.82, 2.24) is 0 Å². The number of hydrogen-bond acceptors (Lipinski definition) is 5. The third-order valence-corrected chi connectivity index (χ3v) is 4.11. The number of nitrogens with two attached hydrogens (primary N) is 1. The van der Waals surface area contributed by atoms with Gasteiger partial charge in [0, 0.05) is 12.8 Å². The van der Waals surface area contributed by atoms with Gasteiger partial charge in [-0.1, -0.05) is 49.6 Å². The standard InChI is InChI=1S/C19H26N2O4/c20-19(21-16-10-5-2-6-11-16)25-18(23)13-7-12-17(22)24-14-15-8-3-1-4-9-15/h1,3-4,8-9,16H,2,5-7,10-14H2,(H2,20,21). The Morgan fingerprint density at radius 1 is 1.04 bits per heavy atom. The van der Waals surface area contributed by atoms with Gasteiger partial charge in [-0.15, -0.1) is 0 Å². The minimum absolute atomic E-state index is 0.0662. The first-order valence-corrected chi connectivity index (χ1v) is 8.87. The maximum absolute atomic E-state index is 11.7. The second-order valence-electron chi connectivity index (χ2n) is 6.23. The number of amidine groups is 1. The molecule has 1 aromatic carbocycles. The molecule has 0 spiro atoms. The Hall–Kier alpha value is -2.37. The van der Waals surface area contributed by atoms with E-state index in [0.29, 0.717) is 6.42 Å². The van der Waals surface area contributed by atoms with Gasteiger partial charge < -0.3 is 15.2 Å². The summed E-state index contributed by atoms with van der Waals surface area (Å²) in [6.45, 7) is 0.241. The normalized spacial score (nSPS) is 15.6. The Morgan fingerprint density at radius 3 is 2.44 bits per heavy atom. The number of hydrogen-bond donors (Lipinski definition) is 1. The van der Waals surface area contributed by atoms with Crippen LogP contribution in [0.5, 0.6) is 0 Å². The number of carbonyl (C=O) groups excluding carboxylic acids is 2. The summed E-state index contributed by atoms with van der Waals surface area (Å²) in [5.41, 5.74) is 6.60. The summed E-state index contributed by atoms with van der Waals surface area (Å²) in [6.07, 6.45) is 6.14. The lowest BCUT2D eigenvalue weighted by Crippen LogP contribution is -2.24. The maximum atomic E-state index is 11.7. The van der Waals surface area contributed by atoms with Gasteiger partial charge in [0.15, 0.2) is 0 Å². The van der Waals surface area contributed by atoms with Crippen LogP contribution >= 0.6 is 0 Å². The minimum atomic E-state index is -0.465. The molecule has 1 aromatic rings. The highest BCUT2D eigenvalue weighted by atomic mass is 16.6. The first-order valence-electron chi connectivity index (χ1n) is 8.87. The fraction of sp³-hybridized carbons (Fsp3) is 0.526. The van der Waals surface area contributed by atoms with Crippen LogP contribution in [0.1, 0.15) is 56.9 Å². The van der Waals surface area contributed by atoms with E-state index in [2.05, 4.69) is 4.99 Å². The number of carbonyl (C=O) groups is 2. The van der Waals surface area contributed by atoms with Gasteiger partial charge in [0.25, 0.3) is 6.02 Å². The minimum Gasteiger partial charge on any atom is -0.461 e. The molecular weight excluding hydrogens is 320 g/mol. The predicted molar refractivity (Wildman–Crippen MR) is 94.7 cm³/mol. The van der Waals surface area contributed by atoms with Crippen molar-refractivity contribution in [3.05, 3.63) is 35.9 Å². The van der Waals surface area contributed by atoms with Crippen LogP contribution in [0.4, 0.5) is 0 Å². The van der Waals surface area contributed by atoms with Crippen LogP contribution < -0.4 is 5.73 Å². The molecule has 1 fully saturated rings. The molecular formula is C19H26N2O4. The zero-order valence-electron chi connectivity index (χ0n) is 14.5. The number of ether oxygens (including phenoxy) is 2. The van der Waals surface area contributed by atoms with Gasteiger partial charge in [-0.25, -0.2) is 4.99 Å². The van der Waals surface area contributed by atoms with Gasteiger partial charge in [0.2, 0.25) is 0 Å². The fourth-order valence-electron chi connectivity index (χ4n) is 2.77. The lowest BCUT2D eigenvalue weighted by atomic mass is 9.96. The summed E-state index contributed by atoms with van der Waals surface area (Å²) in [7, 11) is 0. The molecule has 0 atom stereocenters. The first-order chi connectivity index (χ1) is 12.1. The third kappa shape index (κ3) is 7.83. The number of aliphatic imine (C=N–C) groups is 1. The molecule has 0 amide bonds. The molecule has 0 aliphatic heterocycles. The van der Waals surface area contributed by atoms with Crippen LogP contribution in [0.25, 0.3) is 0 Å². The van der Waals surface area contributed by atoms with E-state index < -0.39 is 5.97 Å². The monoisotopic (exact) mass is 346 g/mol. The summed E-state index contributed by atoms with van der Waals surface area (Å²) >= 11 is 0. The summed E-state index contributed by atoms with van der Waals surface area (Å²) < 4.78 is 10.2. The average molecular weight is 346 g/mol. The SMILES string of the molecule is NC(=NC1CCCCC1)OC(=O)CCCC(=O)OCc1ccccc1. The van der Waals surface area contributed by atoms with Crippen LogP contribution in [-0.2, 0) is 25.7 Å². The van der Waals surface area contributed by atoms with Crippen LogP contribution in [-0.4, -0.2) is 24.0 Å².